The Balaban J connectivity index is 3.42. The van der Waals surface area contributed by atoms with Crippen LogP contribution >= 0.6 is 0 Å². The number of hydrogen-bond acceptors (Lipinski definition) is 6. The highest BCUT2D eigenvalue weighted by molar-refractivity contribution is 5.53. The Bertz CT molecular complexity index is 524. The lowest BCUT2D eigenvalue weighted by Gasteiger charge is -2.12. The van der Waals surface area contributed by atoms with Crippen molar-refractivity contribution in [2.75, 3.05) is 0 Å². The first kappa shape index (κ1) is 13.5. The number of hydrogen-bond donors (Lipinski definition) is 1. The summed E-state index contributed by atoms with van der Waals surface area (Å²) in [5.41, 5.74) is -0.736. The van der Waals surface area contributed by atoms with Gasteiger partial charge >= 0.3 is 12.2 Å². The van der Waals surface area contributed by atoms with Gasteiger partial charge in [-0.15, -0.1) is 13.2 Å². The van der Waals surface area contributed by atoms with Crippen LogP contribution in [0.4, 0.5) is 19.0 Å². The lowest BCUT2D eigenvalue weighted by Crippen LogP contribution is -2.19. The van der Waals surface area contributed by atoms with Crippen LogP contribution in [0.3, 0.4) is 0 Å². The molecule has 0 aliphatic rings. The second-order valence-corrected chi connectivity index (χ2v) is 2.91. The van der Waals surface area contributed by atoms with Gasteiger partial charge in [0.2, 0.25) is 5.75 Å². The molecular formula is C8H4F3N3O4. The Morgan fingerprint density at radius 3 is 2.67 bits per heavy atom. The van der Waals surface area contributed by atoms with Crippen LogP contribution in [-0.4, -0.2) is 21.4 Å². The predicted octanol–water partition coefficient (Wildman–Crippen LogP) is 1.66. The number of alkyl halides is 3. The van der Waals surface area contributed by atoms with E-state index in [2.05, 4.69) is 9.72 Å². The average Bonchev–Trinajstić information content (AvgIpc) is 2.21. The number of halogens is 3. The quantitative estimate of drug-likeness (QED) is 0.656. The SMILES string of the molecule is N#CCc1c([N+](=O)[O-])ncc(O)c1OC(F)(F)F. The molecule has 1 heterocycles. The average molecular weight is 263 g/mol. The van der Waals surface area contributed by atoms with E-state index in [9.17, 15) is 23.3 Å². The minimum atomic E-state index is -5.16. The molecule has 0 atom stereocenters. The van der Waals surface area contributed by atoms with Gasteiger partial charge in [0, 0.05) is 0 Å². The van der Waals surface area contributed by atoms with Gasteiger partial charge in [0.1, 0.15) is 5.56 Å². The normalized spacial score (nSPS) is 10.8. The molecule has 0 radical (unpaired) electrons. The minimum absolute atomic E-state index is 0.445. The van der Waals surface area contributed by atoms with Crippen LogP contribution in [0.25, 0.3) is 0 Å². The number of aromatic nitrogens is 1. The van der Waals surface area contributed by atoms with E-state index in [1.807, 2.05) is 0 Å². The number of pyridine rings is 1. The second kappa shape index (κ2) is 4.74. The number of nitrogens with zero attached hydrogens (tertiary/aromatic N) is 3. The topological polar surface area (TPSA) is 109 Å². The standard InChI is InChI=1S/C8H4F3N3O4/c9-8(10,11)18-6-4(1-2-12)7(14(16)17)13-3-5(6)15/h3,15H,1H2. The summed E-state index contributed by atoms with van der Waals surface area (Å²) >= 11 is 0. The van der Waals surface area contributed by atoms with E-state index >= 15 is 0 Å². The summed E-state index contributed by atoms with van der Waals surface area (Å²) in [5, 5.41) is 28.1. The lowest BCUT2D eigenvalue weighted by molar-refractivity contribution is -0.390. The molecule has 1 rings (SSSR count). The summed E-state index contributed by atoms with van der Waals surface area (Å²) in [6.45, 7) is 0. The number of nitro groups is 1. The van der Waals surface area contributed by atoms with Gasteiger partial charge in [-0.1, -0.05) is 0 Å². The fraction of sp³-hybridized carbons (Fsp3) is 0.250. The van der Waals surface area contributed by atoms with Crippen molar-refractivity contribution in [2.24, 2.45) is 0 Å². The molecule has 0 aliphatic carbocycles. The maximum Gasteiger partial charge on any atom is 0.573 e. The highest BCUT2D eigenvalue weighted by Crippen LogP contribution is 2.38. The number of nitriles is 1. The summed E-state index contributed by atoms with van der Waals surface area (Å²) in [6, 6.07) is 1.43. The van der Waals surface area contributed by atoms with E-state index in [0.29, 0.717) is 6.20 Å². The van der Waals surface area contributed by atoms with Crippen LogP contribution in [0.2, 0.25) is 0 Å². The molecule has 18 heavy (non-hydrogen) atoms. The summed E-state index contributed by atoms with van der Waals surface area (Å²) in [4.78, 5) is 12.6. The lowest BCUT2D eigenvalue weighted by atomic mass is 10.1. The Morgan fingerprint density at radius 2 is 2.22 bits per heavy atom. The van der Waals surface area contributed by atoms with Crippen molar-refractivity contribution in [1.29, 1.82) is 5.26 Å². The van der Waals surface area contributed by atoms with E-state index in [1.165, 1.54) is 6.07 Å². The molecule has 1 aromatic rings. The molecule has 0 spiro atoms. The van der Waals surface area contributed by atoms with E-state index < -0.39 is 40.6 Å². The third-order valence-corrected chi connectivity index (χ3v) is 1.73. The Morgan fingerprint density at radius 1 is 1.61 bits per heavy atom. The highest BCUT2D eigenvalue weighted by atomic mass is 19.4. The molecule has 0 saturated carbocycles. The molecule has 96 valence electrons. The molecular weight excluding hydrogens is 259 g/mol. The van der Waals surface area contributed by atoms with E-state index in [4.69, 9.17) is 10.4 Å². The molecule has 7 nitrogen and oxygen atoms in total. The summed E-state index contributed by atoms with van der Waals surface area (Å²) in [6.07, 6.45) is -5.47. The molecule has 0 aromatic carbocycles. The third-order valence-electron chi connectivity index (χ3n) is 1.73. The number of rotatable bonds is 3. The first-order valence-corrected chi connectivity index (χ1v) is 4.24. The van der Waals surface area contributed by atoms with Crippen LogP contribution in [0, 0.1) is 21.4 Å². The van der Waals surface area contributed by atoms with Crippen molar-refractivity contribution >= 4 is 5.82 Å². The Labute approximate surface area is 97.2 Å². The summed E-state index contributed by atoms with van der Waals surface area (Å²) < 4.78 is 39.7. The van der Waals surface area contributed by atoms with Crippen molar-refractivity contribution < 1.29 is 27.9 Å². The van der Waals surface area contributed by atoms with Crippen LogP contribution in [-0.2, 0) is 6.42 Å². The largest absolute Gasteiger partial charge is 0.573 e. The van der Waals surface area contributed by atoms with Crippen LogP contribution < -0.4 is 4.74 Å². The van der Waals surface area contributed by atoms with Crippen molar-refractivity contribution in [3.8, 4) is 17.6 Å². The molecule has 1 N–H and O–H groups in total. The second-order valence-electron chi connectivity index (χ2n) is 2.91. The number of ether oxygens (including phenoxy) is 1. The third kappa shape index (κ3) is 2.97. The number of aromatic hydroxyl groups is 1. The molecule has 1 aromatic heterocycles. The zero-order chi connectivity index (χ0) is 13.9. The maximum absolute atomic E-state index is 12.1. The zero-order valence-electron chi connectivity index (χ0n) is 8.43. The summed E-state index contributed by atoms with van der Waals surface area (Å²) in [7, 11) is 0. The maximum atomic E-state index is 12.1. The molecule has 0 aliphatic heterocycles. The molecule has 10 heteroatoms. The summed E-state index contributed by atoms with van der Waals surface area (Å²) in [5.74, 6) is -3.21. The smallest absolute Gasteiger partial charge is 0.502 e. The van der Waals surface area contributed by atoms with Gasteiger partial charge in [-0.3, -0.25) is 0 Å². The zero-order valence-corrected chi connectivity index (χ0v) is 8.43. The Hall–Kier alpha value is -2.57. The molecule has 0 amide bonds. The minimum Gasteiger partial charge on any atom is -0.502 e. The van der Waals surface area contributed by atoms with E-state index in [1.54, 1.807) is 0 Å². The van der Waals surface area contributed by atoms with Crippen molar-refractivity contribution in [1.82, 2.24) is 4.98 Å². The van der Waals surface area contributed by atoms with Crippen molar-refractivity contribution in [3.63, 3.8) is 0 Å². The molecule has 0 bridgehead atoms. The molecule has 0 fully saturated rings. The van der Waals surface area contributed by atoms with Crippen molar-refractivity contribution in [2.45, 2.75) is 12.8 Å². The molecule has 0 unspecified atom stereocenters. The van der Waals surface area contributed by atoms with Gasteiger partial charge in [-0.2, -0.15) is 5.26 Å². The predicted molar refractivity (Wildman–Crippen MR) is 48.6 cm³/mol. The fourth-order valence-corrected chi connectivity index (χ4v) is 1.14. The fourth-order valence-electron chi connectivity index (χ4n) is 1.14. The Kier molecular flexibility index (Phi) is 3.55. The van der Waals surface area contributed by atoms with E-state index in [-0.39, 0.29) is 0 Å². The first-order valence-electron chi connectivity index (χ1n) is 4.24. The van der Waals surface area contributed by atoms with E-state index in [0.717, 1.165) is 0 Å². The van der Waals surface area contributed by atoms with Gasteiger partial charge in [0.05, 0.1) is 12.5 Å². The van der Waals surface area contributed by atoms with Gasteiger partial charge < -0.3 is 20.0 Å². The molecule has 0 saturated heterocycles. The van der Waals surface area contributed by atoms with Crippen molar-refractivity contribution in [3.05, 3.63) is 21.9 Å². The van der Waals surface area contributed by atoms with Gasteiger partial charge in [-0.05, 0) is 9.91 Å². The monoisotopic (exact) mass is 263 g/mol. The van der Waals surface area contributed by atoms with Gasteiger partial charge in [0.25, 0.3) is 0 Å². The highest BCUT2D eigenvalue weighted by Gasteiger charge is 2.36. The van der Waals surface area contributed by atoms with Gasteiger partial charge in [-0.25, -0.2) is 0 Å². The first-order chi connectivity index (χ1) is 8.26. The van der Waals surface area contributed by atoms with Gasteiger partial charge in [0.15, 0.2) is 11.9 Å². The van der Waals surface area contributed by atoms with Crippen LogP contribution in [0.15, 0.2) is 6.20 Å². The van der Waals surface area contributed by atoms with Crippen LogP contribution in [0.1, 0.15) is 5.56 Å². The van der Waals surface area contributed by atoms with Crippen LogP contribution in [0.5, 0.6) is 11.5 Å².